The van der Waals surface area contributed by atoms with Gasteiger partial charge in [-0.2, -0.15) is 0 Å². The highest BCUT2D eigenvalue weighted by atomic mass is 32.1. The van der Waals surface area contributed by atoms with Crippen molar-refractivity contribution in [2.75, 3.05) is 0 Å². The van der Waals surface area contributed by atoms with Gasteiger partial charge < -0.3 is 15.2 Å². The van der Waals surface area contributed by atoms with Gasteiger partial charge in [0.1, 0.15) is 0 Å². The van der Waals surface area contributed by atoms with Crippen LogP contribution in [-0.4, -0.2) is 15.0 Å². The number of hydrogen-bond acceptors (Lipinski definition) is 3. The minimum Gasteiger partial charge on any atom is -0.356 e. The van der Waals surface area contributed by atoms with E-state index in [4.69, 9.17) is 12.2 Å². The SMILES string of the molecule is Cc1cc(C)c2[nH]c(=O)c(CN(Cc3cccs3)C(=S)N[C@@H](C)c3ccccc3)cc2c1. The first-order valence-electron chi connectivity index (χ1n) is 10.7. The molecule has 0 amide bonds. The van der Waals surface area contributed by atoms with Crippen molar-refractivity contribution >= 4 is 39.6 Å². The Kier molecular flexibility index (Phi) is 6.72. The number of hydrogen-bond donors (Lipinski definition) is 2. The number of benzene rings is 2. The van der Waals surface area contributed by atoms with E-state index in [0.717, 1.165) is 16.5 Å². The van der Waals surface area contributed by atoms with E-state index in [1.54, 1.807) is 11.3 Å². The average molecular weight is 462 g/mol. The van der Waals surface area contributed by atoms with E-state index >= 15 is 0 Å². The molecule has 0 bridgehead atoms. The fraction of sp³-hybridized carbons (Fsp3) is 0.231. The third kappa shape index (κ3) is 5.09. The zero-order chi connectivity index (χ0) is 22.7. The van der Waals surface area contributed by atoms with E-state index in [2.05, 4.69) is 64.8 Å². The molecule has 1 atom stereocenters. The second-order valence-electron chi connectivity index (χ2n) is 8.19. The van der Waals surface area contributed by atoms with E-state index < -0.39 is 0 Å². The molecule has 0 unspecified atom stereocenters. The first kappa shape index (κ1) is 22.2. The minimum absolute atomic E-state index is 0.0646. The number of pyridine rings is 1. The molecule has 164 valence electrons. The Hall–Kier alpha value is -2.96. The number of aromatic nitrogens is 1. The molecule has 2 aromatic carbocycles. The van der Waals surface area contributed by atoms with Gasteiger partial charge in [0, 0.05) is 10.4 Å². The van der Waals surface area contributed by atoms with Crippen LogP contribution in [0.2, 0.25) is 0 Å². The third-order valence-corrected chi connectivity index (χ3v) is 6.82. The number of aryl methyl sites for hydroxylation is 2. The highest BCUT2D eigenvalue weighted by Crippen LogP contribution is 2.20. The molecule has 0 spiro atoms. The molecule has 32 heavy (non-hydrogen) atoms. The summed E-state index contributed by atoms with van der Waals surface area (Å²) in [5, 5.41) is 7.19. The Bertz CT molecular complexity index is 1280. The molecule has 0 radical (unpaired) electrons. The standard InChI is InChI=1S/C26H27N3OS2/c1-17-12-18(2)24-21(13-17)14-22(25(30)28-24)15-29(16-23-10-7-11-32-23)26(31)27-19(3)20-8-5-4-6-9-20/h4-14,19H,15-16H2,1-3H3,(H,27,31)(H,28,30)/t19-/m0/s1. The van der Waals surface area contributed by atoms with Crippen molar-refractivity contribution in [3.05, 3.63) is 104 Å². The lowest BCUT2D eigenvalue weighted by molar-refractivity contribution is 0.395. The molecule has 0 fully saturated rings. The molecule has 0 aliphatic heterocycles. The van der Waals surface area contributed by atoms with E-state index in [1.165, 1.54) is 16.0 Å². The van der Waals surface area contributed by atoms with Crippen molar-refractivity contribution in [2.45, 2.75) is 39.9 Å². The summed E-state index contributed by atoms with van der Waals surface area (Å²) in [5.41, 5.74) is 4.95. The first-order valence-corrected chi connectivity index (χ1v) is 12.0. The van der Waals surface area contributed by atoms with Crippen LogP contribution in [0.15, 0.2) is 70.8 Å². The summed E-state index contributed by atoms with van der Waals surface area (Å²) < 4.78 is 0. The maximum atomic E-state index is 12.9. The van der Waals surface area contributed by atoms with Crippen molar-refractivity contribution in [3.63, 3.8) is 0 Å². The molecular formula is C26H27N3OS2. The van der Waals surface area contributed by atoms with E-state index in [-0.39, 0.29) is 11.6 Å². The zero-order valence-electron chi connectivity index (χ0n) is 18.5. The number of fused-ring (bicyclic) bond motifs is 1. The highest BCUT2D eigenvalue weighted by Gasteiger charge is 2.17. The van der Waals surface area contributed by atoms with Crippen LogP contribution >= 0.6 is 23.6 Å². The highest BCUT2D eigenvalue weighted by molar-refractivity contribution is 7.80. The number of thiocarbonyl (C=S) groups is 1. The summed E-state index contributed by atoms with van der Waals surface area (Å²) in [6.07, 6.45) is 0. The Balaban J connectivity index is 1.63. The lowest BCUT2D eigenvalue weighted by Crippen LogP contribution is -2.40. The second-order valence-corrected chi connectivity index (χ2v) is 9.61. The van der Waals surface area contributed by atoms with Crippen LogP contribution in [0.5, 0.6) is 0 Å². The number of aromatic amines is 1. The second kappa shape index (κ2) is 9.67. The largest absolute Gasteiger partial charge is 0.356 e. The molecule has 2 aromatic heterocycles. The Morgan fingerprint density at radius 1 is 1.09 bits per heavy atom. The van der Waals surface area contributed by atoms with Crippen molar-refractivity contribution in [3.8, 4) is 0 Å². The van der Waals surface area contributed by atoms with Gasteiger partial charge in [-0.3, -0.25) is 4.79 Å². The van der Waals surface area contributed by atoms with Crippen LogP contribution in [0.1, 0.15) is 40.1 Å². The summed E-state index contributed by atoms with van der Waals surface area (Å²) in [7, 11) is 0. The maximum absolute atomic E-state index is 12.9. The summed E-state index contributed by atoms with van der Waals surface area (Å²) in [4.78, 5) is 19.3. The molecule has 0 aliphatic rings. The first-order chi connectivity index (χ1) is 15.4. The Labute approximate surface area is 197 Å². The quantitative estimate of drug-likeness (QED) is 0.354. The molecule has 4 rings (SSSR count). The zero-order valence-corrected chi connectivity index (χ0v) is 20.1. The summed E-state index contributed by atoms with van der Waals surface area (Å²) in [6.45, 7) is 7.28. The molecule has 0 aliphatic carbocycles. The van der Waals surface area contributed by atoms with Crippen LogP contribution < -0.4 is 10.9 Å². The van der Waals surface area contributed by atoms with Crippen molar-refractivity contribution in [1.82, 2.24) is 15.2 Å². The van der Waals surface area contributed by atoms with Crippen molar-refractivity contribution in [2.24, 2.45) is 0 Å². The van der Waals surface area contributed by atoms with Gasteiger partial charge in [0.2, 0.25) is 0 Å². The number of thiophene rings is 1. The fourth-order valence-corrected chi connectivity index (χ4v) is 4.97. The topological polar surface area (TPSA) is 48.1 Å². The number of rotatable bonds is 6. The molecule has 0 saturated heterocycles. The molecule has 4 nitrogen and oxygen atoms in total. The minimum atomic E-state index is -0.0699. The monoisotopic (exact) mass is 461 g/mol. The predicted octanol–water partition coefficient (Wildman–Crippen LogP) is 5.84. The lowest BCUT2D eigenvalue weighted by Gasteiger charge is -2.28. The number of nitrogens with one attached hydrogen (secondary N) is 2. The van der Waals surface area contributed by atoms with E-state index in [9.17, 15) is 4.79 Å². The van der Waals surface area contributed by atoms with Crippen LogP contribution in [0, 0.1) is 13.8 Å². The summed E-state index contributed by atoms with van der Waals surface area (Å²) in [6, 6.07) is 20.6. The molecule has 2 N–H and O–H groups in total. The number of nitrogens with zero attached hydrogens (tertiary/aromatic N) is 1. The molecule has 4 aromatic rings. The fourth-order valence-electron chi connectivity index (χ4n) is 3.95. The van der Waals surface area contributed by atoms with Crippen LogP contribution in [-0.2, 0) is 13.1 Å². The molecule has 6 heteroatoms. The van der Waals surface area contributed by atoms with Gasteiger partial charge in [0.25, 0.3) is 5.56 Å². The van der Waals surface area contributed by atoms with E-state index in [0.29, 0.717) is 23.8 Å². The normalized spacial score (nSPS) is 12.0. The molecular weight excluding hydrogens is 434 g/mol. The van der Waals surface area contributed by atoms with Gasteiger partial charge in [0.15, 0.2) is 5.11 Å². The van der Waals surface area contributed by atoms with Crippen LogP contribution in [0.25, 0.3) is 10.9 Å². The van der Waals surface area contributed by atoms with Gasteiger partial charge in [-0.25, -0.2) is 0 Å². The molecule has 2 heterocycles. The van der Waals surface area contributed by atoms with E-state index in [1.807, 2.05) is 37.3 Å². The van der Waals surface area contributed by atoms with Crippen LogP contribution in [0.4, 0.5) is 0 Å². The average Bonchev–Trinajstić information content (AvgIpc) is 3.28. The maximum Gasteiger partial charge on any atom is 0.253 e. The van der Waals surface area contributed by atoms with Crippen molar-refractivity contribution in [1.29, 1.82) is 0 Å². The predicted molar refractivity (Wildman–Crippen MR) is 138 cm³/mol. The van der Waals surface area contributed by atoms with Gasteiger partial charge in [0.05, 0.1) is 24.6 Å². The van der Waals surface area contributed by atoms with Gasteiger partial charge in [-0.15, -0.1) is 11.3 Å². The van der Waals surface area contributed by atoms with Gasteiger partial charge >= 0.3 is 0 Å². The molecule has 0 saturated carbocycles. The summed E-state index contributed by atoms with van der Waals surface area (Å²) in [5.74, 6) is 0. The van der Waals surface area contributed by atoms with Gasteiger partial charge in [-0.1, -0.05) is 48.0 Å². The third-order valence-electron chi connectivity index (χ3n) is 5.59. The van der Waals surface area contributed by atoms with Crippen LogP contribution in [0.3, 0.4) is 0 Å². The smallest absolute Gasteiger partial charge is 0.253 e. The Morgan fingerprint density at radius 2 is 1.88 bits per heavy atom. The lowest BCUT2D eigenvalue weighted by atomic mass is 10.1. The van der Waals surface area contributed by atoms with Crippen molar-refractivity contribution < 1.29 is 0 Å². The Morgan fingerprint density at radius 3 is 2.59 bits per heavy atom. The summed E-state index contributed by atoms with van der Waals surface area (Å²) >= 11 is 7.50. The van der Waals surface area contributed by atoms with Gasteiger partial charge in [-0.05, 0) is 73.1 Å². The number of H-pyrrole nitrogens is 1.